The molecule has 32 heavy (non-hydrogen) atoms. The van der Waals surface area contributed by atoms with Gasteiger partial charge >= 0.3 is 0 Å². The van der Waals surface area contributed by atoms with Crippen LogP contribution in [0.1, 0.15) is 39.4 Å². The molecule has 0 saturated carbocycles. The van der Waals surface area contributed by atoms with Crippen LogP contribution in [0.5, 0.6) is 17.2 Å². The van der Waals surface area contributed by atoms with E-state index >= 15 is 0 Å². The summed E-state index contributed by atoms with van der Waals surface area (Å²) in [4.78, 5) is 0. The predicted octanol–water partition coefficient (Wildman–Crippen LogP) is 5.42. The second-order valence-electron chi connectivity index (χ2n) is 8.43. The number of hydrogen-bond acceptors (Lipinski definition) is 4. The van der Waals surface area contributed by atoms with E-state index in [1.807, 2.05) is 18.2 Å². The van der Waals surface area contributed by atoms with E-state index in [1.54, 1.807) is 7.11 Å². The van der Waals surface area contributed by atoms with Crippen LogP contribution in [0, 0.1) is 6.92 Å². The van der Waals surface area contributed by atoms with Gasteiger partial charge < -0.3 is 19.5 Å². The topological polar surface area (TPSA) is 39.7 Å². The van der Waals surface area contributed by atoms with Crippen molar-refractivity contribution in [2.24, 2.45) is 0 Å². The average molecular weight is 428 g/mol. The van der Waals surface area contributed by atoms with E-state index in [1.165, 1.54) is 27.8 Å². The minimum absolute atomic E-state index is 0.139. The van der Waals surface area contributed by atoms with Gasteiger partial charge in [0.2, 0.25) is 0 Å². The van der Waals surface area contributed by atoms with Crippen molar-refractivity contribution in [1.82, 2.24) is 5.32 Å². The molecule has 1 N–H and O–H groups in total. The van der Waals surface area contributed by atoms with Gasteiger partial charge in [0.15, 0.2) is 11.5 Å². The zero-order valence-corrected chi connectivity index (χ0v) is 18.7. The Labute approximate surface area is 189 Å². The van der Waals surface area contributed by atoms with Crippen molar-refractivity contribution in [3.05, 3.63) is 94.1 Å². The van der Waals surface area contributed by atoms with E-state index in [9.17, 15) is 0 Å². The lowest BCUT2D eigenvalue weighted by molar-refractivity contribution is 0.283. The lowest BCUT2D eigenvalue weighted by atomic mass is 9.92. The number of methoxy groups -OCH3 is 1. The number of benzene rings is 3. The van der Waals surface area contributed by atoms with Gasteiger partial charge in [-0.1, -0.05) is 42.5 Å². The van der Waals surface area contributed by atoms with E-state index in [0.29, 0.717) is 6.61 Å². The van der Waals surface area contributed by atoms with E-state index in [0.717, 1.165) is 48.8 Å². The first kappa shape index (κ1) is 20.7. The monoisotopic (exact) mass is 427 g/mol. The average Bonchev–Trinajstić information content (AvgIpc) is 3.28. The number of aryl methyl sites for hydroxylation is 1. The molecule has 0 aromatic heterocycles. The van der Waals surface area contributed by atoms with Gasteiger partial charge in [0.25, 0.3) is 0 Å². The molecule has 0 aliphatic carbocycles. The third kappa shape index (κ3) is 4.23. The van der Waals surface area contributed by atoms with Gasteiger partial charge in [0.1, 0.15) is 12.4 Å². The minimum Gasteiger partial charge on any atom is -0.493 e. The summed E-state index contributed by atoms with van der Waals surface area (Å²) in [6.07, 6.45) is 6.45. The summed E-state index contributed by atoms with van der Waals surface area (Å²) in [7, 11) is 1.70. The van der Waals surface area contributed by atoms with Gasteiger partial charge in [0.05, 0.1) is 19.8 Å². The van der Waals surface area contributed by atoms with Crippen molar-refractivity contribution in [2.75, 3.05) is 20.3 Å². The molecule has 3 aromatic rings. The summed E-state index contributed by atoms with van der Waals surface area (Å²) in [5.41, 5.74) is 7.48. The molecule has 2 aliphatic rings. The summed E-state index contributed by atoms with van der Waals surface area (Å²) in [6.45, 7) is 4.39. The molecule has 0 bridgehead atoms. The second-order valence-corrected chi connectivity index (χ2v) is 8.43. The largest absolute Gasteiger partial charge is 0.493 e. The standard InChI is InChI=1S/C28H29NO3/c1-19-14-26-23(11-13-31-26)15-21(19)8-9-25-24-17-27(30-2)28(16-22(24)10-12-29-25)32-18-20-6-4-3-5-7-20/h3-9,14-17,25,29H,10-13,18H2,1-2H3. The van der Waals surface area contributed by atoms with Gasteiger partial charge in [-0.15, -0.1) is 0 Å². The van der Waals surface area contributed by atoms with Crippen LogP contribution in [0.25, 0.3) is 6.08 Å². The van der Waals surface area contributed by atoms with Crippen molar-refractivity contribution >= 4 is 6.08 Å². The molecule has 0 spiro atoms. The molecule has 1 unspecified atom stereocenters. The zero-order chi connectivity index (χ0) is 21.9. The van der Waals surface area contributed by atoms with Crippen LogP contribution in [0.2, 0.25) is 0 Å². The molecule has 0 saturated heterocycles. The summed E-state index contributed by atoms with van der Waals surface area (Å²) in [5.74, 6) is 2.61. The number of ether oxygens (including phenoxy) is 3. The van der Waals surface area contributed by atoms with Crippen molar-refractivity contribution in [3.8, 4) is 17.2 Å². The fourth-order valence-corrected chi connectivity index (χ4v) is 4.50. The molecular formula is C28H29NO3. The molecule has 1 atom stereocenters. The second kappa shape index (κ2) is 9.09. The Morgan fingerprint density at radius 2 is 1.91 bits per heavy atom. The Kier molecular flexibility index (Phi) is 5.87. The fraction of sp³-hybridized carbons (Fsp3) is 0.286. The summed E-state index contributed by atoms with van der Waals surface area (Å²) in [6, 6.07) is 19.1. The third-order valence-corrected chi connectivity index (χ3v) is 6.30. The fourth-order valence-electron chi connectivity index (χ4n) is 4.50. The number of nitrogens with one attached hydrogen (secondary N) is 1. The highest BCUT2D eigenvalue weighted by molar-refractivity contribution is 5.60. The Morgan fingerprint density at radius 3 is 2.75 bits per heavy atom. The van der Waals surface area contributed by atoms with E-state index in [-0.39, 0.29) is 6.04 Å². The van der Waals surface area contributed by atoms with Crippen molar-refractivity contribution in [2.45, 2.75) is 32.4 Å². The van der Waals surface area contributed by atoms with Crippen molar-refractivity contribution < 1.29 is 14.2 Å². The highest BCUT2D eigenvalue weighted by Gasteiger charge is 2.21. The van der Waals surface area contributed by atoms with Crippen LogP contribution in [0.15, 0.2) is 60.7 Å². The molecule has 0 fully saturated rings. The summed E-state index contributed by atoms with van der Waals surface area (Å²) in [5, 5.41) is 3.64. The molecule has 2 aliphatic heterocycles. The molecule has 164 valence electrons. The van der Waals surface area contributed by atoms with E-state index in [4.69, 9.17) is 14.2 Å². The highest BCUT2D eigenvalue weighted by atomic mass is 16.5. The van der Waals surface area contributed by atoms with Gasteiger partial charge in [-0.05, 0) is 71.0 Å². The van der Waals surface area contributed by atoms with Gasteiger partial charge in [-0.3, -0.25) is 0 Å². The number of hydrogen-bond donors (Lipinski definition) is 1. The highest BCUT2D eigenvalue weighted by Crippen LogP contribution is 2.37. The molecule has 3 aromatic carbocycles. The predicted molar refractivity (Wildman–Crippen MR) is 128 cm³/mol. The molecule has 0 radical (unpaired) electrons. The maximum atomic E-state index is 6.13. The summed E-state index contributed by atoms with van der Waals surface area (Å²) >= 11 is 0. The van der Waals surface area contributed by atoms with E-state index in [2.05, 4.69) is 60.8 Å². The molecule has 4 heteroatoms. The molecular weight excluding hydrogens is 398 g/mol. The molecule has 5 rings (SSSR count). The number of fused-ring (bicyclic) bond motifs is 2. The van der Waals surface area contributed by atoms with Gasteiger partial charge in [0, 0.05) is 13.0 Å². The minimum atomic E-state index is 0.139. The number of rotatable bonds is 6. The maximum Gasteiger partial charge on any atom is 0.161 e. The SMILES string of the molecule is COc1cc2c(cc1OCc1ccccc1)CCNC2C=Cc1cc2c(cc1C)OCC2. The van der Waals surface area contributed by atoms with Crippen molar-refractivity contribution in [1.29, 1.82) is 0 Å². The van der Waals surface area contributed by atoms with Crippen LogP contribution < -0.4 is 19.5 Å². The molecule has 2 heterocycles. The quantitative estimate of drug-likeness (QED) is 0.570. The summed E-state index contributed by atoms with van der Waals surface area (Å²) < 4.78 is 17.5. The van der Waals surface area contributed by atoms with Crippen LogP contribution in [-0.4, -0.2) is 20.3 Å². The van der Waals surface area contributed by atoms with Crippen LogP contribution in [0.3, 0.4) is 0 Å². The Bertz CT molecular complexity index is 1140. The van der Waals surface area contributed by atoms with Crippen molar-refractivity contribution in [3.63, 3.8) is 0 Å². The first-order valence-corrected chi connectivity index (χ1v) is 11.3. The first-order valence-electron chi connectivity index (χ1n) is 11.3. The Hall–Kier alpha value is -3.24. The van der Waals surface area contributed by atoms with Crippen LogP contribution >= 0.6 is 0 Å². The maximum absolute atomic E-state index is 6.13. The van der Waals surface area contributed by atoms with E-state index < -0.39 is 0 Å². The van der Waals surface area contributed by atoms with Gasteiger partial charge in [-0.2, -0.15) is 0 Å². The smallest absolute Gasteiger partial charge is 0.161 e. The molecule has 4 nitrogen and oxygen atoms in total. The van der Waals surface area contributed by atoms with Crippen LogP contribution in [-0.2, 0) is 19.4 Å². The van der Waals surface area contributed by atoms with Crippen LogP contribution in [0.4, 0.5) is 0 Å². The van der Waals surface area contributed by atoms with Gasteiger partial charge in [-0.25, -0.2) is 0 Å². The Morgan fingerprint density at radius 1 is 1.03 bits per heavy atom. The zero-order valence-electron chi connectivity index (χ0n) is 18.7. The normalized spacial score (nSPS) is 17.0. The third-order valence-electron chi connectivity index (χ3n) is 6.30. The first-order chi connectivity index (χ1) is 15.7. The lowest BCUT2D eigenvalue weighted by Gasteiger charge is -2.26. The lowest BCUT2D eigenvalue weighted by Crippen LogP contribution is -2.28. The Balaban J connectivity index is 1.39. The molecule has 0 amide bonds.